The van der Waals surface area contributed by atoms with Crippen molar-refractivity contribution in [3.05, 3.63) is 22.1 Å². The van der Waals surface area contributed by atoms with Gasteiger partial charge in [0.1, 0.15) is 0 Å². The molecular weight excluding hydrogens is 188 g/mol. The van der Waals surface area contributed by atoms with Crippen LogP contribution in [0.4, 0.5) is 0 Å². The quantitative estimate of drug-likeness (QED) is 0.573. The van der Waals surface area contributed by atoms with Crippen molar-refractivity contribution >= 4 is 17.7 Å². The molecule has 1 aromatic rings. The Labute approximate surface area is 79.0 Å². The predicted octanol–water partition coefficient (Wildman–Crippen LogP) is 0.686. The van der Waals surface area contributed by atoms with Crippen LogP contribution in [0, 0.1) is 6.92 Å². The largest absolute Gasteiger partial charge is 0.273 e. The van der Waals surface area contributed by atoms with Gasteiger partial charge in [-0.15, -0.1) is 0 Å². The summed E-state index contributed by atoms with van der Waals surface area (Å²) in [7, 11) is 0. The number of thioether (sulfide) groups is 1. The lowest BCUT2D eigenvalue weighted by Gasteiger charge is -1.98. The molecule has 0 radical (unpaired) electrons. The van der Waals surface area contributed by atoms with Crippen LogP contribution in [0.25, 0.3) is 0 Å². The Balaban J connectivity index is 2.71. The molecule has 68 valence electrons. The van der Waals surface area contributed by atoms with Crippen molar-refractivity contribution in [2.45, 2.75) is 24.3 Å². The van der Waals surface area contributed by atoms with Gasteiger partial charge in [0.2, 0.25) is 5.91 Å². The Morgan fingerprint density at radius 2 is 2.23 bits per heavy atom. The van der Waals surface area contributed by atoms with Crippen LogP contribution in [-0.4, -0.2) is 20.7 Å². The monoisotopic (exact) mass is 196 g/mol. The number of aromatic nitrogens is 2. The van der Waals surface area contributed by atoms with Gasteiger partial charge in [0.25, 0.3) is 5.56 Å². The van der Waals surface area contributed by atoms with Crippen LogP contribution in [0.3, 0.4) is 0 Å². The molecule has 2 heterocycles. The molecule has 0 N–H and O–H groups in total. The maximum atomic E-state index is 11.4. The minimum atomic E-state index is -0.274. The highest BCUT2D eigenvalue weighted by Crippen LogP contribution is 2.27. The number of carbonyl (C=O) groups excluding carboxylic acids is 1. The van der Waals surface area contributed by atoms with Crippen molar-refractivity contribution in [2.24, 2.45) is 0 Å². The van der Waals surface area contributed by atoms with Crippen LogP contribution >= 0.6 is 11.8 Å². The maximum absolute atomic E-state index is 11.4. The zero-order chi connectivity index (χ0) is 9.59. The smallest absolute Gasteiger partial charge is 0.261 e. The van der Waals surface area contributed by atoms with Crippen LogP contribution in [0.2, 0.25) is 0 Å². The molecule has 13 heavy (non-hydrogen) atoms. The zero-order valence-electron chi connectivity index (χ0n) is 7.27. The first kappa shape index (κ1) is 8.50. The van der Waals surface area contributed by atoms with Crippen molar-refractivity contribution in [1.82, 2.24) is 9.55 Å². The minimum Gasteiger partial charge on any atom is -0.273 e. The molecular formula is C8H8N2O2S. The van der Waals surface area contributed by atoms with Crippen LogP contribution < -0.4 is 5.56 Å². The molecule has 5 heteroatoms. The predicted molar refractivity (Wildman–Crippen MR) is 49.2 cm³/mol. The zero-order valence-corrected chi connectivity index (χ0v) is 8.09. The maximum Gasteiger partial charge on any atom is 0.261 e. The van der Waals surface area contributed by atoms with Crippen LogP contribution in [0.1, 0.15) is 17.4 Å². The van der Waals surface area contributed by atoms with Crippen molar-refractivity contribution in [3.8, 4) is 0 Å². The number of nitrogens with zero attached hydrogens (tertiary/aromatic N) is 2. The molecule has 2 rings (SSSR count). The van der Waals surface area contributed by atoms with E-state index in [9.17, 15) is 9.59 Å². The van der Waals surface area contributed by atoms with Crippen LogP contribution in [0.5, 0.6) is 0 Å². The number of rotatable bonds is 0. The molecule has 1 aliphatic rings. The molecule has 0 saturated heterocycles. The standard InChI is InChI=1S/C8H8N2O2S/c1-4-3-6(11)10-7(12)5(2)13-8(10)9-4/h3,5H,1-2H3/t5-/m1/s1. The Morgan fingerprint density at radius 3 is 2.92 bits per heavy atom. The van der Waals surface area contributed by atoms with Gasteiger partial charge < -0.3 is 0 Å². The van der Waals surface area contributed by atoms with E-state index in [1.807, 2.05) is 0 Å². The van der Waals surface area contributed by atoms with E-state index < -0.39 is 0 Å². The fraction of sp³-hybridized carbons (Fsp3) is 0.375. The molecule has 1 aliphatic heterocycles. The average molecular weight is 196 g/mol. The lowest BCUT2D eigenvalue weighted by molar-refractivity contribution is 0.0908. The van der Waals surface area contributed by atoms with Crippen LogP contribution in [0.15, 0.2) is 16.0 Å². The minimum absolute atomic E-state index is 0.169. The van der Waals surface area contributed by atoms with E-state index in [0.29, 0.717) is 10.9 Å². The summed E-state index contributed by atoms with van der Waals surface area (Å²) in [5, 5.41) is 0.324. The SMILES string of the molecule is Cc1cc(=O)n2c(n1)S[C@H](C)C2=O. The number of carbonyl (C=O) groups is 1. The normalized spacial score (nSPS) is 20.5. The lowest BCUT2D eigenvalue weighted by Crippen LogP contribution is -2.27. The molecule has 0 unspecified atom stereocenters. The van der Waals surface area contributed by atoms with Crippen LogP contribution in [-0.2, 0) is 0 Å². The Hall–Kier alpha value is -1.10. The average Bonchev–Trinajstić information content (AvgIpc) is 2.27. The van der Waals surface area contributed by atoms with Gasteiger partial charge in [0, 0.05) is 11.8 Å². The van der Waals surface area contributed by atoms with E-state index in [0.717, 1.165) is 4.57 Å². The van der Waals surface area contributed by atoms with Crippen molar-refractivity contribution < 1.29 is 4.79 Å². The molecule has 0 amide bonds. The molecule has 0 aromatic carbocycles. The summed E-state index contributed by atoms with van der Waals surface area (Å²) >= 11 is 1.33. The third kappa shape index (κ3) is 1.19. The Bertz CT molecular complexity index is 438. The first-order valence-corrected chi connectivity index (χ1v) is 4.79. The second-order valence-electron chi connectivity index (χ2n) is 2.95. The fourth-order valence-electron chi connectivity index (χ4n) is 1.24. The topological polar surface area (TPSA) is 52.0 Å². The summed E-state index contributed by atoms with van der Waals surface area (Å²) in [6.07, 6.45) is 0. The third-order valence-corrected chi connectivity index (χ3v) is 2.91. The van der Waals surface area contributed by atoms with Gasteiger partial charge in [-0.2, -0.15) is 0 Å². The fourth-order valence-corrected chi connectivity index (χ4v) is 2.25. The van der Waals surface area contributed by atoms with Gasteiger partial charge in [-0.3, -0.25) is 9.59 Å². The van der Waals surface area contributed by atoms with E-state index in [-0.39, 0.29) is 16.7 Å². The molecule has 0 fully saturated rings. The molecule has 0 spiro atoms. The van der Waals surface area contributed by atoms with Gasteiger partial charge in [0.15, 0.2) is 5.16 Å². The molecule has 1 atom stereocenters. The highest BCUT2D eigenvalue weighted by atomic mass is 32.2. The van der Waals surface area contributed by atoms with Crippen molar-refractivity contribution in [1.29, 1.82) is 0 Å². The summed E-state index contributed by atoms with van der Waals surface area (Å²) < 4.78 is 1.14. The summed E-state index contributed by atoms with van der Waals surface area (Å²) in [6.45, 7) is 3.52. The van der Waals surface area contributed by atoms with Crippen molar-refractivity contribution in [3.63, 3.8) is 0 Å². The van der Waals surface area contributed by atoms with Gasteiger partial charge in [-0.05, 0) is 13.8 Å². The first-order chi connectivity index (χ1) is 6.09. The summed E-state index contributed by atoms with van der Waals surface area (Å²) in [5.41, 5.74) is 0.384. The Morgan fingerprint density at radius 1 is 1.54 bits per heavy atom. The number of hydrogen-bond donors (Lipinski definition) is 0. The summed E-state index contributed by atoms with van der Waals surface area (Å²) in [5.74, 6) is -0.169. The number of hydrogen-bond acceptors (Lipinski definition) is 4. The van der Waals surface area contributed by atoms with Gasteiger partial charge in [0.05, 0.1) is 5.25 Å². The van der Waals surface area contributed by atoms with Crippen molar-refractivity contribution in [2.75, 3.05) is 0 Å². The summed E-state index contributed by atoms with van der Waals surface area (Å²) in [6, 6.07) is 1.38. The van der Waals surface area contributed by atoms with Gasteiger partial charge in [-0.25, -0.2) is 9.55 Å². The Kier molecular flexibility index (Phi) is 1.76. The van der Waals surface area contributed by atoms with Gasteiger partial charge >= 0.3 is 0 Å². The van der Waals surface area contributed by atoms with E-state index in [2.05, 4.69) is 4.98 Å². The lowest BCUT2D eigenvalue weighted by atomic mass is 10.4. The van der Waals surface area contributed by atoms with E-state index >= 15 is 0 Å². The molecule has 1 aromatic heterocycles. The second kappa shape index (κ2) is 2.70. The highest BCUT2D eigenvalue weighted by Gasteiger charge is 2.29. The molecule has 4 nitrogen and oxygen atoms in total. The molecule has 0 bridgehead atoms. The second-order valence-corrected chi connectivity index (χ2v) is 4.26. The van der Waals surface area contributed by atoms with Gasteiger partial charge in [-0.1, -0.05) is 11.8 Å². The number of fused-ring (bicyclic) bond motifs is 1. The molecule has 0 saturated carbocycles. The van der Waals surface area contributed by atoms with E-state index in [4.69, 9.17) is 0 Å². The molecule has 0 aliphatic carbocycles. The number of aryl methyl sites for hydroxylation is 1. The highest BCUT2D eigenvalue weighted by molar-refractivity contribution is 8.00. The van der Waals surface area contributed by atoms with E-state index in [1.54, 1.807) is 13.8 Å². The third-order valence-electron chi connectivity index (χ3n) is 1.87. The van der Waals surface area contributed by atoms with E-state index in [1.165, 1.54) is 17.8 Å². The first-order valence-electron chi connectivity index (χ1n) is 3.91. The summed E-state index contributed by atoms with van der Waals surface area (Å²) in [4.78, 5) is 26.9.